The van der Waals surface area contributed by atoms with Crippen molar-refractivity contribution in [3.63, 3.8) is 0 Å². The molecule has 24 heavy (non-hydrogen) atoms. The highest BCUT2D eigenvalue weighted by Crippen LogP contribution is 2.48. The zero-order valence-electron chi connectivity index (χ0n) is 14.4. The van der Waals surface area contributed by atoms with Gasteiger partial charge in [-0.15, -0.1) is 0 Å². The molecule has 1 aromatic carbocycles. The van der Waals surface area contributed by atoms with Crippen molar-refractivity contribution in [1.29, 1.82) is 0 Å². The number of hydrogen-bond acceptors (Lipinski definition) is 3. The summed E-state index contributed by atoms with van der Waals surface area (Å²) in [7, 11) is 3.56. The molecule has 1 saturated heterocycles. The van der Waals surface area contributed by atoms with E-state index in [9.17, 15) is 0 Å². The van der Waals surface area contributed by atoms with E-state index in [1.165, 1.54) is 18.4 Å². The van der Waals surface area contributed by atoms with E-state index in [4.69, 9.17) is 9.47 Å². The minimum Gasteiger partial charge on any atom is -0.382 e. The fraction of sp³-hybridized carbons (Fsp3) is 0.611. The monoisotopic (exact) mass is 395 g/mol. The molecule has 0 spiro atoms. The molecule has 2 aliphatic rings. The molecule has 1 aliphatic carbocycles. The molecule has 2 fully saturated rings. The van der Waals surface area contributed by atoms with Crippen molar-refractivity contribution in [3.8, 4) is 0 Å². The lowest BCUT2D eigenvalue weighted by atomic mass is 9.96. The number of morpholine rings is 1. The Morgan fingerprint density at radius 1 is 1.50 bits per heavy atom. The van der Waals surface area contributed by atoms with Crippen LogP contribution in [0.5, 0.6) is 0 Å². The second kappa shape index (κ2) is 7.85. The summed E-state index contributed by atoms with van der Waals surface area (Å²) >= 11 is 3.58. The van der Waals surface area contributed by atoms with Crippen LogP contribution in [0, 0.1) is 0 Å². The molecule has 0 aromatic heterocycles. The highest BCUT2D eigenvalue weighted by atomic mass is 79.9. The van der Waals surface area contributed by atoms with Gasteiger partial charge in [-0.05, 0) is 30.5 Å². The summed E-state index contributed by atoms with van der Waals surface area (Å²) in [5.74, 6) is 0.959. The van der Waals surface area contributed by atoms with Gasteiger partial charge in [-0.1, -0.05) is 28.1 Å². The van der Waals surface area contributed by atoms with E-state index in [-0.39, 0.29) is 11.5 Å². The van der Waals surface area contributed by atoms with Crippen molar-refractivity contribution in [3.05, 3.63) is 34.3 Å². The quantitative estimate of drug-likeness (QED) is 0.614. The van der Waals surface area contributed by atoms with Crippen molar-refractivity contribution in [2.24, 2.45) is 4.99 Å². The number of nitrogens with one attached hydrogen (secondary N) is 1. The Morgan fingerprint density at radius 3 is 3.00 bits per heavy atom. The summed E-state index contributed by atoms with van der Waals surface area (Å²) in [5, 5.41) is 3.59. The van der Waals surface area contributed by atoms with Crippen LogP contribution < -0.4 is 5.32 Å². The third-order valence-electron chi connectivity index (χ3n) is 4.88. The molecule has 0 bridgehead atoms. The van der Waals surface area contributed by atoms with Crippen LogP contribution in [0.25, 0.3) is 0 Å². The highest BCUT2D eigenvalue weighted by molar-refractivity contribution is 9.10. The normalized spacial score (nSPS) is 23.2. The number of rotatable bonds is 5. The first-order chi connectivity index (χ1) is 11.7. The van der Waals surface area contributed by atoms with Crippen molar-refractivity contribution in [2.75, 3.05) is 47.0 Å². The fourth-order valence-corrected chi connectivity index (χ4v) is 3.71. The van der Waals surface area contributed by atoms with Crippen LogP contribution in [0.1, 0.15) is 18.4 Å². The number of methoxy groups -OCH3 is 1. The smallest absolute Gasteiger partial charge is 0.193 e. The van der Waals surface area contributed by atoms with Gasteiger partial charge in [0.15, 0.2) is 5.96 Å². The molecule has 1 heterocycles. The molecular weight excluding hydrogens is 370 g/mol. The molecule has 6 heteroatoms. The first-order valence-corrected chi connectivity index (χ1v) is 9.28. The van der Waals surface area contributed by atoms with E-state index in [1.54, 1.807) is 7.11 Å². The lowest BCUT2D eigenvalue weighted by Crippen LogP contribution is -2.52. The molecule has 1 atom stereocenters. The van der Waals surface area contributed by atoms with Crippen LogP contribution in [0.2, 0.25) is 0 Å². The Balaban J connectivity index is 1.60. The van der Waals surface area contributed by atoms with Crippen LogP contribution >= 0.6 is 15.9 Å². The Labute approximate surface area is 152 Å². The van der Waals surface area contributed by atoms with Gasteiger partial charge >= 0.3 is 0 Å². The average Bonchev–Trinajstić information content (AvgIpc) is 3.37. The maximum atomic E-state index is 5.73. The molecule has 1 aromatic rings. The third-order valence-corrected chi connectivity index (χ3v) is 5.37. The molecule has 1 saturated carbocycles. The first-order valence-electron chi connectivity index (χ1n) is 8.49. The number of aliphatic imine (C=N–C) groups is 1. The summed E-state index contributed by atoms with van der Waals surface area (Å²) in [6, 6.07) is 8.66. The van der Waals surface area contributed by atoms with Crippen LogP contribution in [-0.2, 0) is 14.9 Å². The van der Waals surface area contributed by atoms with E-state index < -0.39 is 0 Å². The Bertz CT molecular complexity index is 587. The minimum absolute atomic E-state index is 0.113. The lowest BCUT2D eigenvalue weighted by molar-refractivity contribution is -0.0447. The van der Waals surface area contributed by atoms with Gasteiger partial charge in [0, 0.05) is 43.7 Å². The summed E-state index contributed by atoms with van der Waals surface area (Å²) in [4.78, 5) is 6.74. The zero-order chi connectivity index (χ0) is 17.0. The Hall–Kier alpha value is -1.11. The molecule has 3 rings (SSSR count). The first kappa shape index (κ1) is 17.7. The molecule has 1 unspecified atom stereocenters. The summed E-state index contributed by atoms with van der Waals surface area (Å²) in [6.07, 6.45) is 2.56. The van der Waals surface area contributed by atoms with Gasteiger partial charge in [0.2, 0.25) is 0 Å². The number of halogens is 1. The highest BCUT2D eigenvalue weighted by Gasteiger charge is 2.44. The van der Waals surface area contributed by atoms with Crippen molar-refractivity contribution in [1.82, 2.24) is 10.2 Å². The predicted octanol–water partition coefficient (Wildman–Crippen LogP) is 2.40. The van der Waals surface area contributed by atoms with Gasteiger partial charge in [0.25, 0.3) is 0 Å². The van der Waals surface area contributed by atoms with Crippen LogP contribution in [-0.4, -0.2) is 64.0 Å². The van der Waals surface area contributed by atoms with Gasteiger partial charge in [0.1, 0.15) is 0 Å². The fourth-order valence-electron chi connectivity index (χ4n) is 3.32. The number of guanidine groups is 1. The van der Waals surface area contributed by atoms with Gasteiger partial charge in [-0.2, -0.15) is 0 Å². The maximum absolute atomic E-state index is 5.73. The Kier molecular flexibility index (Phi) is 5.79. The van der Waals surface area contributed by atoms with Gasteiger partial charge in [-0.3, -0.25) is 4.99 Å². The van der Waals surface area contributed by atoms with Crippen LogP contribution in [0.4, 0.5) is 0 Å². The molecule has 5 nitrogen and oxygen atoms in total. The molecule has 1 aliphatic heterocycles. The predicted molar refractivity (Wildman–Crippen MR) is 99.6 cm³/mol. The topological polar surface area (TPSA) is 46.1 Å². The Morgan fingerprint density at radius 2 is 2.33 bits per heavy atom. The van der Waals surface area contributed by atoms with Crippen LogP contribution in [0.15, 0.2) is 33.7 Å². The number of benzene rings is 1. The second-order valence-corrected chi connectivity index (χ2v) is 7.50. The lowest BCUT2D eigenvalue weighted by Gasteiger charge is -2.35. The zero-order valence-corrected chi connectivity index (χ0v) is 16.0. The SMILES string of the molecule is CN=C(NCC1(c2cccc(Br)c2)CC1)N1CCOC(COC)C1. The minimum atomic E-state index is 0.113. The van der Waals surface area contributed by atoms with Crippen molar-refractivity contribution in [2.45, 2.75) is 24.4 Å². The van der Waals surface area contributed by atoms with E-state index in [0.717, 1.165) is 30.1 Å². The van der Waals surface area contributed by atoms with Crippen molar-refractivity contribution >= 4 is 21.9 Å². The van der Waals surface area contributed by atoms with E-state index in [1.807, 2.05) is 7.05 Å². The standard InChI is InChI=1S/C18H26BrN3O2/c1-20-17(22-8-9-24-16(11-22)12-23-2)21-13-18(6-7-18)14-4-3-5-15(19)10-14/h3-5,10,16H,6-9,11-13H2,1-2H3,(H,20,21). The van der Waals surface area contributed by atoms with E-state index in [0.29, 0.717) is 13.2 Å². The number of nitrogens with zero attached hydrogens (tertiary/aromatic N) is 2. The largest absolute Gasteiger partial charge is 0.382 e. The molecule has 132 valence electrons. The van der Waals surface area contributed by atoms with Gasteiger partial charge < -0.3 is 19.7 Å². The molecule has 0 amide bonds. The van der Waals surface area contributed by atoms with E-state index >= 15 is 0 Å². The summed E-state index contributed by atoms with van der Waals surface area (Å²) in [5.41, 5.74) is 1.65. The second-order valence-electron chi connectivity index (χ2n) is 6.59. The molecular formula is C18H26BrN3O2. The summed E-state index contributed by atoms with van der Waals surface area (Å²) < 4.78 is 12.1. The third kappa shape index (κ3) is 4.10. The summed E-state index contributed by atoms with van der Waals surface area (Å²) in [6.45, 7) is 3.94. The number of ether oxygens (including phenoxy) is 2. The average molecular weight is 396 g/mol. The van der Waals surface area contributed by atoms with Crippen molar-refractivity contribution < 1.29 is 9.47 Å². The molecule has 0 radical (unpaired) electrons. The van der Waals surface area contributed by atoms with Gasteiger partial charge in [0.05, 0.1) is 19.3 Å². The maximum Gasteiger partial charge on any atom is 0.193 e. The van der Waals surface area contributed by atoms with Crippen LogP contribution in [0.3, 0.4) is 0 Å². The van der Waals surface area contributed by atoms with E-state index in [2.05, 4.69) is 55.4 Å². The number of hydrogen-bond donors (Lipinski definition) is 1. The molecule has 1 N–H and O–H groups in total. The van der Waals surface area contributed by atoms with Gasteiger partial charge in [-0.25, -0.2) is 0 Å².